The van der Waals surface area contributed by atoms with Crippen LogP contribution in [0.2, 0.25) is 0 Å². The van der Waals surface area contributed by atoms with Gasteiger partial charge in [0.15, 0.2) is 5.78 Å². The minimum absolute atomic E-state index is 0.0524. The minimum Gasteiger partial charge on any atom is -0.497 e. The molecule has 0 aliphatic carbocycles. The molecule has 224 valence electrons. The Bertz CT molecular complexity index is 1230. The van der Waals surface area contributed by atoms with Gasteiger partial charge < -0.3 is 29.5 Å². The molecule has 1 amide bonds. The maximum Gasteiger partial charge on any atom is 0.220 e. The number of nitrogens with zero attached hydrogens (tertiary/aromatic N) is 1. The number of amides is 1. The van der Waals surface area contributed by atoms with E-state index in [4.69, 9.17) is 14.2 Å². The molecule has 0 unspecified atom stereocenters. The summed E-state index contributed by atoms with van der Waals surface area (Å²) in [6.07, 6.45) is 3.29. The van der Waals surface area contributed by atoms with Gasteiger partial charge in [-0.15, -0.1) is 0 Å². The lowest BCUT2D eigenvalue weighted by Gasteiger charge is -2.29. The normalized spacial score (nSPS) is 14.6. The minimum atomic E-state index is -0.860. The van der Waals surface area contributed by atoms with Crippen molar-refractivity contribution in [3.8, 4) is 17.2 Å². The second-order valence-corrected chi connectivity index (χ2v) is 10.6. The van der Waals surface area contributed by atoms with Crippen molar-refractivity contribution in [3.63, 3.8) is 0 Å². The number of nitrogens with one attached hydrogen (secondary N) is 1. The largest absolute Gasteiger partial charge is 0.497 e. The smallest absolute Gasteiger partial charge is 0.220 e. The van der Waals surface area contributed by atoms with Crippen LogP contribution in [0.15, 0.2) is 78.9 Å². The number of carbonyl (C=O) groups excluding carboxylic acids is 2. The molecule has 0 spiro atoms. The van der Waals surface area contributed by atoms with Crippen molar-refractivity contribution in [2.45, 2.75) is 50.7 Å². The zero-order chi connectivity index (χ0) is 29.6. The molecule has 1 aliphatic rings. The number of hydrogen-bond donors (Lipinski definition) is 2. The zero-order valence-electron chi connectivity index (χ0n) is 24.4. The highest BCUT2D eigenvalue weighted by molar-refractivity contribution is 5.96. The molecule has 1 aliphatic heterocycles. The van der Waals surface area contributed by atoms with Crippen LogP contribution in [0.3, 0.4) is 0 Å². The van der Waals surface area contributed by atoms with Gasteiger partial charge in [0, 0.05) is 24.9 Å². The summed E-state index contributed by atoms with van der Waals surface area (Å²) in [7, 11) is 1.59. The number of ketones is 1. The van der Waals surface area contributed by atoms with Crippen LogP contribution in [0.25, 0.3) is 0 Å². The molecule has 3 aromatic rings. The lowest BCUT2D eigenvalue weighted by Crippen LogP contribution is -2.46. The first kappa shape index (κ1) is 31.1. The van der Waals surface area contributed by atoms with Crippen molar-refractivity contribution >= 4 is 11.7 Å². The Labute approximate surface area is 248 Å². The van der Waals surface area contributed by atoms with Crippen LogP contribution in [0.4, 0.5) is 0 Å². The lowest BCUT2D eigenvalue weighted by atomic mass is 10.0. The van der Waals surface area contributed by atoms with E-state index < -0.39 is 12.1 Å². The summed E-state index contributed by atoms with van der Waals surface area (Å²) in [6, 6.07) is 23.6. The number of methoxy groups -OCH3 is 1. The van der Waals surface area contributed by atoms with Gasteiger partial charge in [-0.3, -0.25) is 9.59 Å². The van der Waals surface area contributed by atoms with E-state index in [9.17, 15) is 14.7 Å². The van der Waals surface area contributed by atoms with E-state index in [1.54, 1.807) is 31.4 Å². The topological polar surface area (TPSA) is 97.3 Å². The van der Waals surface area contributed by atoms with Crippen molar-refractivity contribution in [1.29, 1.82) is 0 Å². The number of hydrogen-bond acceptors (Lipinski definition) is 7. The molecule has 8 heteroatoms. The third-order valence-electron chi connectivity index (χ3n) is 7.44. The summed E-state index contributed by atoms with van der Waals surface area (Å²) >= 11 is 0. The predicted molar refractivity (Wildman–Crippen MR) is 162 cm³/mol. The van der Waals surface area contributed by atoms with Crippen LogP contribution in [0.1, 0.15) is 60.6 Å². The Kier molecular flexibility index (Phi) is 12.2. The predicted octanol–water partition coefficient (Wildman–Crippen LogP) is 5.21. The Morgan fingerprint density at radius 1 is 0.810 bits per heavy atom. The van der Waals surface area contributed by atoms with Crippen LogP contribution in [0.5, 0.6) is 17.2 Å². The molecule has 8 nitrogen and oxygen atoms in total. The third kappa shape index (κ3) is 9.89. The van der Waals surface area contributed by atoms with E-state index in [0.717, 1.165) is 37.2 Å². The van der Waals surface area contributed by atoms with E-state index in [2.05, 4.69) is 10.2 Å². The number of unbranched alkanes of at least 4 members (excludes halogenated alkanes) is 1. The Morgan fingerprint density at radius 2 is 1.40 bits per heavy atom. The van der Waals surface area contributed by atoms with Crippen LogP contribution < -0.4 is 19.5 Å². The van der Waals surface area contributed by atoms with Crippen LogP contribution in [-0.2, 0) is 4.79 Å². The van der Waals surface area contributed by atoms with Crippen molar-refractivity contribution in [2.24, 2.45) is 0 Å². The quantitative estimate of drug-likeness (QED) is 0.169. The molecule has 0 saturated carbocycles. The molecular weight excluding hydrogens is 532 g/mol. The number of carbonyl (C=O) groups is 2. The van der Waals surface area contributed by atoms with Crippen molar-refractivity contribution in [3.05, 3.63) is 90.0 Å². The number of rotatable bonds is 17. The summed E-state index contributed by atoms with van der Waals surface area (Å²) in [5.41, 5.74) is 1.36. The van der Waals surface area contributed by atoms with Crippen LogP contribution in [0, 0.1) is 0 Å². The Morgan fingerprint density at radius 3 is 2.05 bits per heavy atom. The molecule has 0 aromatic heterocycles. The van der Waals surface area contributed by atoms with E-state index in [0.29, 0.717) is 62.5 Å². The Hall–Kier alpha value is -3.88. The summed E-state index contributed by atoms with van der Waals surface area (Å²) in [4.78, 5) is 27.6. The molecule has 1 fully saturated rings. The molecule has 1 heterocycles. The van der Waals surface area contributed by atoms with Gasteiger partial charge in [-0.25, -0.2) is 0 Å². The van der Waals surface area contributed by atoms with Gasteiger partial charge in [-0.2, -0.15) is 0 Å². The summed E-state index contributed by atoms with van der Waals surface area (Å²) in [5.74, 6) is 2.13. The molecule has 2 N–H and O–H groups in total. The van der Waals surface area contributed by atoms with E-state index in [-0.39, 0.29) is 11.7 Å². The number of benzene rings is 3. The third-order valence-corrected chi connectivity index (χ3v) is 7.44. The standard InChI is InChI=1S/C34H42N2O6/c1-40-28-17-13-26(14-18-28)32(37)11-5-6-12-33(38)35-31(25-36-21-7-8-22-36)34(39)27-15-19-30(20-16-27)42-24-23-41-29-9-3-2-4-10-29/h2-4,9-10,13-20,31,34,39H,5-8,11-12,21-25H2,1H3,(H,35,38)/t31-,34-/m1/s1. The van der Waals surface area contributed by atoms with Crippen molar-refractivity contribution in [2.75, 3.05) is 40.0 Å². The fraction of sp³-hybridized carbons (Fsp3) is 0.412. The second kappa shape index (κ2) is 16.5. The van der Waals surface area contributed by atoms with E-state index in [1.807, 2.05) is 54.6 Å². The first-order chi connectivity index (χ1) is 20.5. The van der Waals surface area contributed by atoms with Crippen molar-refractivity contribution in [1.82, 2.24) is 10.2 Å². The maximum absolute atomic E-state index is 12.9. The van der Waals surface area contributed by atoms with Crippen molar-refractivity contribution < 1.29 is 28.9 Å². The fourth-order valence-electron chi connectivity index (χ4n) is 5.07. The fourth-order valence-corrected chi connectivity index (χ4v) is 5.07. The lowest BCUT2D eigenvalue weighted by molar-refractivity contribution is -0.123. The Balaban J connectivity index is 1.24. The molecule has 0 bridgehead atoms. The molecular formula is C34H42N2O6. The second-order valence-electron chi connectivity index (χ2n) is 10.6. The van der Waals surface area contributed by atoms with E-state index in [1.165, 1.54) is 0 Å². The van der Waals surface area contributed by atoms with Gasteiger partial charge in [0.1, 0.15) is 36.6 Å². The van der Waals surface area contributed by atoms with Gasteiger partial charge in [0.2, 0.25) is 5.91 Å². The van der Waals surface area contributed by atoms with Gasteiger partial charge in [0.25, 0.3) is 0 Å². The molecule has 0 radical (unpaired) electrons. The highest BCUT2D eigenvalue weighted by Crippen LogP contribution is 2.23. The molecule has 42 heavy (non-hydrogen) atoms. The summed E-state index contributed by atoms with van der Waals surface area (Å²) < 4.78 is 16.6. The average molecular weight is 575 g/mol. The number of aliphatic hydroxyl groups excluding tert-OH is 1. The maximum atomic E-state index is 12.9. The van der Waals surface area contributed by atoms with Gasteiger partial charge in [0.05, 0.1) is 13.2 Å². The molecule has 2 atom stereocenters. The number of ether oxygens (including phenoxy) is 3. The number of aliphatic hydroxyl groups is 1. The highest BCUT2D eigenvalue weighted by atomic mass is 16.5. The summed E-state index contributed by atoms with van der Waals surface area (Å²) in [5, 5.41) is 14.3. The average Bonchev–Trinajstić information content (AvgIpc) is 3.55. The van der Waals surface area contributed by atoms with Gasteiger partial charge in [-0.1, -0.05) is 30.3 Å². The first-order valence-corrected chi connectivity index (χ1v) is 14.8. The van der Waals surface area contributed by atoms with Crippen LogP contribution in [-0.4, -0.2) is 67.7 Å². The number of likely N-dealkylation sites (tertiary alicyclic amines) is 1. The molecule has 1 saturated heterocycles. The number of Topliss-reactive ketones (excluding diaryl/α,β-unsaturated/α-hetero) is 1. The first-order valence-electron chi connectivity index (χ1n) is 14.8. The molecule has 4 rings (SSSR count). The summed E-state index contributed by atoms with van der Waals surface area (Å²) in [6.45, 7) is 3.33. The molecule has 3 aromatic carbocycles. The monoisotopic (exact) mass is 574 g/mol. The SMILES string of the molecule is COc1ccc(C(=O)CCCCC(=O)N[C@H](CN2CCCC2)[C@H](O)c2ccc(OCCOc3ccccc3)cc2)cc1. The van der Waals surface area contributed by atoms with Gasteiger partial charge >= 0.3 is 0 Å². The van der Waals surface area contributed by atoms with E-state index >= 15 is 0 Å². The number of para-hydroxylation sites is 1. The zero-order valence-corrected chi connectivity index (χ0v) is 24.4. The van der Waals surface area contributed by atoms with Crippen LogP contribution >= 0.6 is 0 Å². The highest BCUT2D eigenvalue weighted by Gasteiger charge is 2.26. The van der Waals surface area contributed by atoms with Gasteiger partial charge in [-0.05, 0) is 92.9 Å².